The van der Waals surface area contributed by atoms with Crippen LogP contribution < -0.4 is 10.6 Å². The molecule has 0 unspecified atom stereocenters. The molecule has 0 aliphatic carbocycles. The van der Waals surface area contributed by atoms with Gasteiger partial charge in [0.2, 0.25) is 0 Å². The lowest BCUT2D eigenvalue weighted by Crippen LogP contribution is -2.42. The molecule has 2 heterocycles. The number of hydrogen-bond donors (Lipinski definition) is 2. The highest BCUT2D eigenvalue weighted by molar-refractivity contribution is 5.79. The first-order valence-electron chi connectivity index (χ1n) is 9.69. The molecule has 2 aromatic rings. The topological polar surface area (TPSA) is 70.4 Å². The van der Waals surface area contributed by atoms with Crippen molar-refractivity contribution in [2.75, 3.05) is 26.7 Å². The second kappa shape index (κ2) is 9.50. The second-order valence-electron chi connectivity index (χ2n) is 7.31. The predicted molar refractivity (Wildman–Crippen MR) is 108 cm³/mol. The predicted octanol–water partition coefficient (Wildman–Crippen LogP) is 1.70. The Balaban J connectivity index is 1.37. The van der Waals surface area contributed by atoms with Crippen molar-refractivity contribution in [3.05, 3.63) is 47.5 Å². The molecule has 27 heavy (non-hydrogen) atoms. The van der Waals surface area contributed by atoms with E-state index in [1.807, 2.05) is 7.05 Å². The lowest BCUT2D eigenvalue weighted by Gasteiger charge is -2.32. The summed E-state index contributed by atoms with van der Waals surface area (Å²) < 4.78 is 1.77. The van der Waals surface area contributed by atoms with Crippen LogP contribution in [0.5, 0.6) is 0 Å². The van der Waals surface area contributed by atoms with Crippen LogP contribution in [0, 0.1) is 12.8 Å². The maximum atomic E-state index is 4.31. The van der Waals surface area contributed by atoms with Gasteiger partial charge in [-0.15, -0.1) is 0 Å². The lowest BCUT2D eigenvalue weighted by atomic mass is 9.96. The van der Waals surface area contributed by atoms with E-state index in [0.717, 1.165) is 38.0 Å². The molecule has 1 aromatic heterocycles. The summed E-state index contributed by atoms with van der Waals surface area (Å²) in [7, 11) is 3.70. The van der Waals surface area contributed by atoms with Gasteiger partial charge in [-0.05, 0) is 44.3 Å². The monoisotopic (exact) mass is 369 g/mol. The van der Waals surface area contributed by atoms with Crippen molar-refractivity contribution < 1.29 is 0 Å². The number of nitrogens with one attached hydrogen (secondary N) is 2. The molecule has 1 aliphatic rings. The maximum absolute atomic E-state index is 4.31. The molecule has 7 nitrogen and oxygen atoms in total. The average molecular weight is 370 g/mol. The van der Waals surface area contributed by atoms with E-state index < -0.39 is 0 Å². The highest BCUT2D eigenvalue weighted by atomic mass is 15.3. The summed E-state index contributed by atoms with van der Waals surface area (Å²) in [5.74, 6) is 2.40. The minimum absolute atomic E-state index is 0.616. The summed E-state index contributed by atoms with van der Waals surface area (Å²) in [6.07, 6.45) is 4.01. The van der Waals surface area contributed by atoms with E-state index in [0.29, 0.717) is 12.5 Å². The number of aromatic nitrogens is 3. The summed E-state index contributed by atoms with van der Waals surface area (Å²) in [5.41, 5.74) is 2.73. The smallest absolute Gasteiger partial charge is 0.191 e. The molecule has 0 saturated carbocycles. The molecule has 146 valence electrons. The number of piperidine rings is 1. The van der Waals surface area contributed by atoms with Gasteiger partial charge in [-0.25, -0.2) is 4.98 Å². The fourth-order valence-corrected chi connectivity index (χ4v) is 3.40. The first kappa shape index (κ1) is 19.4. The average Bonchev–Trinajstić information content (AvgIpc) is 3.10. The fourth-order valence-electron chi connectivity index (χ4n) is 3.40. The summed E-state index contributed by atoms with van der Waals surface area (Å²) >= 11 is 0. The van der Waals surface area contributed by atoms with Gasteiger partial charge in [-0.1, -0.05) is 29.8 Å². The molecular weight excluding hydrogens is 338 g/mol. The molecule has 3 rings (SSSR count). The third-order valence-corrected chi connectivity index (χ3v) is 5.23. The number of likely N-dealkylation sites (tertiary alicyclic amines) is 1. The first-order valence-corrected chi connectivity index (χ1v) is 9.69. The zero-order valence-corrected chi connectivity index (χ0v) is 16.6. The van der Waals surface area contributed by atoms with Crippen LogP contribution >= 0.6 is 0 Å². The Morgan fingerprint density at radius 2 is 1.93 bits per heavy atom. The molecule has 0 spiro atoms. The van der Waals surface area contributed by atoms with E-state index in [-0.39, 0.29) is 0 Å². The molecule has 7 heteroatoms. The van der Waals surface area contributed by atoms with Crippen LogP contribution in [0.25, 0.3) is 0 Å². The Morgan fingerprint density at radius 1 is 1.19 bits per heavy atom. The van der Waals surface area contributed by atoms with Crippen molar-refractivity contribution in [1.82, 2.24) is 30.3 Å². The van der Waals surface area contributed by atoms with Gasteiger partial charge in [-0.3, -0.25) is 14.6 Å². The molecule has 1 aliphatic heterocycles. The Bertz CT molecular complexity index is 727. The quantitative estimate of drug-likeness (QED) is 0.599. The van der Waals surface area contributed by atoms with Crippen LogP contribution in [0.3, 0.4) is 0 Å². The van der Waals surface area contributed by atoms with Gasteiger partial charge < -0.3 is 10.6 Å². The van der Waals surface area contributed by atoms with Gasteiger partial charge in [0.05, 0.1) is 6.54 Å². The van der Waals surface area contributed by atoms with E-state index in [2.05, 4.69) is 61.8 Å². The normalized spacial score (nSPS) is 16.5. The van der Waals surface area contributed by atoms with Gasteiger partial charge in [0.25, 0.3) is 0 Å². The minimum atomic E-state index is 0.616. The fraction of sp³-hybridized carbons (Fsp3) is 0.550. The molecule has 1 fully saturated rings. The highest BCUT2D eigenvalue weighted by Gasteiger charge is 2.19. The molecule has 1 saturated heterocycles. The third-order valence-electron chi connectivity index (χ3n) is 5.23. The van der Waals surface area contributed by atoms with E-state index >= 15 is 0 Å². The Hall–Kier alpha value is -2.41. The number of rotatable bonds is 6. The summed E-state index contributed by atoms with van der Waals surface area (Å²) in [4.78, 5) is 11.1. The van der Waals surface area contributed by atoms with Crippen LogP contribution in [0.2, 0.25) is 0 Å². The van der Waals surface area contributed by atoms with Crippen molar-refractivity contribution in [1.29, 1.82) is 0 Å². The molecule has 0 amide bonds. The van der Waals surface area contributed by atoms with Crippen molar-refractivity contribution >= 4 is 5.96 Å². The second-order valence-corrected chi connectivity index (χ2v) is 7.31. The van der Waals surface area contributed by atoms with Crippen LogP contribution in [0.4, 0.5) is 0 Å². The zero-order chi connectivity index (χ0) is 19.1. The Kier molecular flexibility index (Phi) is 6.81. The van der Waals surface area contributed by atoms with Gasteiger partial charge in [-0.2, -0.15) is 5.10 Å². The zero-order valence-electron chi connectivity index (χ0n) is 16.6. The first-order chi connectivity index (χ1) is 13.1. The van der Waals surface area contributed by atoms with Gasteiger partial charge in [0.1, 0.15) is 12.2 Å². The van der Waals surface area contributed by atoms with Crippen molar-refractivity contribution in [3.63, 3.8) is 0 Å². The number of nitrogens with zero attached hydrogens (tertiary/aromatic N) is 5. The van der Waals surface area contributed by atoms with Crippen LogP contribution in [-0.4, -0.2) is 52.3 Å². The van der Waals surface area contributed by atoms with Gasteiger partial charge >= 0.3 is 0 Å². The number of hydrogen-bond acceptors (Lipinski definition) is 4. The molecule has 0 bridgehead atoms. The highest BCUT2D eigenvalue weighted by Crippen LogP contribution is 2.18. The summed E-state index contributed by atoms with van der Waals surface area (Å²) in [5, 5.41) is 10.8. The number of aliphatic imine (C=N–C) groups is 1. The van der Waals surface area contributed by atoms with Gasteiger partial charge in [0.15, 0.2) is 5.96 Å². The lowest BCUT2D eigenvalue weighted by molar-refractivity contribution is 0.178. The van der Waals surface area contributed by atoms with E-state index in [4.69, 9.17) is 0 Å². The number of benzene rings is 1. The summed E-state index contributed by atoms with van der Waals surface area (Å²) in [6, 6.07) is 8.89. The Morgan fingerprint density at radius 3 is 2.56 bits per heavy atom. The SMILES string of the molecule is CN=C(NCc1ncnn1C)NCC1CCN(Cc2ccc(C)cc2)CC1. The number of aryl methyl sites for hydroxylation is 2. The molecule has 2 N–H and O–H groups in total. The molecule has 0 radical (unpaired) electrons. The molecule has 0 atom stereocenters. The van der Waals surface area contributed by atoms with Crippen molar-refractivity contribution in [3.8, 4) is 0 Å². The standard InChI is InChI=1S/C20H31N7/c1-16-4-6-18(7-5-16)14-27-10-8-17(9-11-27)12-22-20(21-2)23-13-19-24-15-25-26(19)3/h4-7,15,17H,8-14H2,1-3H3,(H2,21,22,23). The number of guanidine groups is 1. The third kappa shape index (κ3) is 5.79. The maximum Gasteiger partial charge on any atom is 0.191 e. The molecule has 1 aromatic carbocycles. The van der Waals surface area contributed by atoms with Gasteiger partial charge in [0, 0.05) is 27.2 Å². The van der Waals surface area contributed by atoms with E-state index in [1.54, 1.807) is 18.1 Å². The van der Waals surface area contributed by atoms with Crippen molar-refractivity contribution in [2.45, 2.75) is 32.9 Å². The molecular formula is C20H31N7. The van der Waals surface area contributed by atoms with Crippen LogP contribution in [0.1, 0.15) is 29.8 Å². The largest absolute Gasteiger partial charge is 0.356 e. The van der Waals surface area contributed by atoms with Crippen molar-refractivity contribution in [2.24, 2.45) is 18.0 Å². The minimum Gasteiger partial charge on any atom is -0.356 e. The van der Waals surface area contributed by atoms with E-state index in [9.17, 15) is 0 Å². The van der Waals surface area contributed by atoms with E-state index in [1.165, 1.54) is 24.0 Å². The van der Waals surface area contributed by atoms with Crippen LogP contribution in [-0.2, 0) is 20.1 Å². The Labute approximate surface area is 161 Å². The van der Waals surface area contributed by atoms with Crippen LogP contribution in [0.15, 0.2) is 35.6 Å². The summed E-state index contributed by atoms with van der Waals surface area (Å²) in [6.45, 7) is 7.08.